The number of imidazole rings is 1. The number of nitrogens with zero attached hydrogens (tertiary/aromatic N) is 4. The van der Waals surface area contributed by atoms with E-state index in [4.69, 9.17) is 26.2 Å². The first-order valence-electron chi connectivity index (χ1n) is 10.2. The number of hydrogen-bond acceptors (Lipinski definition) is 6. The molecule has 0 radical (unpaired) electrons. The highest BCUT2D eigenvalue weighted by molar-refractivity contribution is 6.30. The van der Waals surface area contributed by atoms with Crippen LogP contribution in [0.2, 0.25) is 5.02 Å². The molecular formula is C21H27ClN4O5. The number of aliphatic hydroxyl groups excluding tert-OH is 1. The van der Waals surface area contributed by atoms with Crippen LogP contribution in [0.4, 0.5) is 0 Å². The standard InChI is InChI=1S/C21H27ClN4O5/c1-3-11-30-12-13-31-20-23-18-17(26(20)14-15-5-7-16(22)8-6-15)19(28)25(9-4-10-27)21(29)24(18)2/h5-8,27H,3-4,9-14H2,1-2H3. The van der Waals surface area contributed by atoms with Gasteiger partial charge in [-0.1, -0.05) is 30.7 Å². The Morgan fingerprint density at radius 2 is 1.84 bits per heavy atom. The van der Waals surface area contributed by atoms with E-state index in [-0.39, 0.29) is 36.9 Å². The number of ether oxygens (including phenoxy) is 2. The lowest BCUT2D eigenvalue weighted by atomic mass is 10.2. The van der Waals surface area contributed by atoms with Gasteiger partial charge in [-0.15, -0.1) is 0 Å². The largest absolute Gasteiger partial charge is 0.462 e. The predicted octanol–water partition coefficient (Wildman–Crippen LogP) is 1.79. The minimum atomic E-state index is -0.486. The molecule has 0 atom stereocenters. The smallest absolute Gasteiger partial charge is 0.332 e. The van der Waals surface area contributed by atoms with Gasteiger partial charge in [0.2, 0.25) is 0 Å². The van der Waals surface area contributed by atoms with E-state index < -0.39 is 11.2 Å². The Hall–Kier alpha value is -2.62. The minimum absolute atomic E-state index is 0.116. The number of fused-ring (bicyclic) bond motifs is 1. The normalized spacial score (nSPS) is 11.4. The van der Waals surface area contributed by atoms with Crippen molar-refractivity contribution in [3.8, 4) is 6.01 Å². The van der Waals surface area contributed by atoms with Gasteiger partial charge in [0.1, 0.15) is 6.61 Å². The quantitative estimate of drug-likeness (QED) is 0.447. The van der Waals surface area contributed by atoms with E-state index in [2.05, 4.69) is 4.98 Å². The van der Waals surface area contributed by atoms with Crippen molar-refractivity contribution in [1.82, 2.24) is 18.7 Å². The van der Waals surface area contributed by atoms with Crippen LogP contribution < -0.4 is 16.0 Å². The van der Waals surface area contributed by atoms with Gasteiger partial charge in [-0.25, -0.2) is 4.79 Å². The summed E-state index contributed by atoms with van der Waals surface area (Å²) >= 11 is 5.99. The first-order chi connectivity index (χ1) is 15.0. The van der Waals surface area contributed by atoms with E-state index in [9.17, 15) is 9.59 Å². The van der Waals surface area contributed by atoms with E-state index in [1.807, 2.05) is 19.1 Å². The molecule has 168 valence electrons. The number of hydrogen-bond donors (Lipinski definition) is 1. The van der Waals surface area contributed by atoms with Gasteiger partial charge in [0.25, 0.3) is 11.6 Å². The molecule has 0 aliphatic rings. The molecule has 1 aromatic carbocycles. The van der Waals surface area contributed by atoms with Gasteiger partial charge < -0.3 is 14.6 Å². The van der Waals surface area contributed by atoms with E-state index in [0.29, 0.717) is 31.2 Å². The Morgan fingerprint density at radius 1 is 1.10 bits per heavy atom. The number of aromatic nitrogens is 4. The van der Waals surface area contributed by atoms with Gasteiger partial charge in [-0.2, -0.15) is 4.98 Å². The van der Waals surface area contributed by atoms with Crippen LogP contribution in [-0.4, -0.2) is 50.2 Å². The molecule has 1 N–H and O–H groups in total. The molecule has 9 nitrogen and oxygen atoms in total. The van der Waals surface area contributed by atoms with Gasteiger partial charge in [-0.3, -0.25) is 18.5 Å². The van der Waals surface area contributed by atoms with Crippen molar-refractivity contribution in [3.05, 3.63) is 55.7 Å². The highest BCUT2D eigenvalue weighted by Crippen LogP contribution is 2.20. The third-order valence-electron chi connectivity index (χ3n) is 4.80. The summed E-state index contributed by atoms with van der Waals surface area (Å²) in [6.45, 7) is 3.61. The van der Waals surface area contributed by atoms with Gasteiger partial charge in [0, 0.05) is 31.8 Å². The van der Waals surface area contributed by atoms with Crippen LogP contribution >= 0.6 is 11.6 Å². The number of rotatable bonds is 11. The molecule has 0 amide bonds. The molecular weight excluding hydrogens is 424 g/mol. The third kappa shape index (κ3) is 5.17. The van der Waals surface area contributed by atoms with Gasteiger partial charge in [0.05, 0.1) is 13.2 Å². The maximum Gasteiger partial charge on any atom is 0.332 e. The lowest BCUT2D eigenvalue weighted by Crippen LogP contribution is -2.39. The highest BCUT2D eigenvalue weighted by Gasteiger charge is 2.21. The maximum atomic E-state index is 13.2. The van der Waals surface area contributed by atoms with Crippen LogP contribution in [0.15, 0.2) is 33.9 Å². The van der Waals surface area contributed by atoms with Crippen molar-refractivity contribution >= 4 is 22.8 Å². The van der Waals surface area contributed by atoms with Crippen LogP contribution in [0, 0.1) is 0 Å². The fourth-order valence-electron chi connectivity index (χ4n) is 3.25. The monoisotopic (exact) mass is 450 g/mol. The molecule has 0 aliphatic heterocycles. The Kier molecular flexibility index (Phi) is 7.89. The molecule has 0 aliphatic carbocycles. The number of benzene rings is 1. The van der Waals surface area contributed by atoms with E-state index in [0.717, 1.165) is 16.6 Å². The zero-order valence-electron chi connectivity index (χ0n) is 17.7. The summed E-state index contributed by atoms with van der Waals surface area (Å²) in [5.41, 5.74) is 0.448. The zero-order valence-corrected chi connectivity index (χ0v) is 18.5. The van der Waals surface area contributed by atoms with Crippen molar-refractivity contribution in [2.24, 2.45) is 7.05 Å². The summed E-state index contributed by atoms with van der Waals surface area (Å²) in [5, 5.41) is 9.75. The molecule has 0 unspecified atom stereocenters. The number of aryl methyl sites for hydroxylation is 1. The first-order valence-corrected chi connectivity index (χ1v) is 10.6. The second kappa shape index (κ2) is 10.6. The lowest BCUT2D eigenvalue weighted by molar-refractivity contribution is 0.0960. The summed E-state index contributed by atoms with van der Waals surface area (Å²) < 4.78 is 15.4. The third-order valence-corrected chi connectivity index (χ3v) is 5.05. The summed E-state index contributed by atoms with van der Waals surface area (Å²) in [4.78, 5) is 30.3. The van der Waals surface area contributed by atoms with E-state index >= 15 is 0 Å². The fourth-order valence-corrected chi connectivity index (χ4v) is 3.37. The van der Waals surface area contributed by atoms with Crippen LogP contribution in [-0.2, 0) is 24.9 Å². The average molecular weight is 451 g/mol. The summed E-state index contributed by atoms with van der Waals surface area (Å²) in [6, 6.07) is 7.48. The van der Waals surface area contributed by atoms with E-state index in [1.54, 1.807) is 23.7 Å². The molecule has 10 heteroatoms. The van der Waals surface area contributed by atoms with Gasteiger partial charge in [-0.05, 0) is 30.5 Å². The van der Waals surface area contributed by atoms with Crippen LogP contribution in [0.5, 0.6) is 6.01 Å². The second-order valence-electron chi connectivity index (χ2n) is 7.12. The van der Waals surface area contributed by atoms with Crippen molar-refractivity contribution in [1.29, 1.82) is 0 Å². The highest BCUT2D eigenvalue weighted by atomic mass is 35.5. The Morgan fingerprint density at radius 3 is 2.52 bits per heavy atom. The maximum absolute atomic E-state index is 13.2. The number of halogens is 1. The van der Waals surface area contributed by atoms with Crippen LogP contribution in [0.3, 0.4) is 0 Å². The van der Waals surface area contributed by atoms with Crippen molar-refractivity contribution in [3.63, 3.8) is 0 Å². The average Bonchev–Trinajstić information content (AvgIpc) is 3.12. The molecule has 31 heavy (non-hydrogen) atoms. The molecule has 3 rings (SSSR count). The second-order valence-corrected chi connectivity index (χ2v) is 7.55. The summed E-state index contributed by atoms with van der Waals surface area (Å²) in [7, 11) is 1.56. The lowest BCUT2D eigenvalue weighted by Gasteiger charge is -2.11. The van der Waals surface area contributed by atoms with Gasteiger partial charge >= 0.3 is 5.69 Å². The minimum Gasteiger partial charge on any atom is -0.462 e. The molecule has 0 bridgehead atoms. The van der Waals surface area contributed by atoms with E-state index in [1.165, 1.54) is 4.57 Å². The Labute approximate surface area is 184 Å². The van der Waals surface area contributed by atoms with Crippen molar-refractivity contribution < 1.29 is 14.6 Å². The fraction of sp³-hybridized carbons (Fsp3) is 0.476. The van der Waals surface area contributed by atoms with Crippen LogP contribution in [0.1, 0.15) is 25.3 Å². The number of aliphatic hydroxyl groups is 1. The SMILES string of the molecule is CCCOCCOc1nc2c(c(=O)n(CCCO)c(=O)n2C)n1Cc1ccc(Cl)cc1. The zero-order chi connectivity index (χ0) is 22.4. The summed E-state index contributed by atoms with van der Waals surface area (Å²) in [5.74, 6) is 0. The Balaban J connectivity index is 2.08. The molecule has 0 saturated carbocycles. The topological polar surface area (TPSA) is 101 Å². The van der Waals surface area contributed by atoms with Crippen LogP contribution in [0.25, 0.3) is 11.2 Å². The molecule has 2 aromatic heterocycles. The first kappa shape index (κ1) is 23.1. The van der Waals surface area contributed by atoms with Crippen molar-refractivity contribution in [2.45, 2.75) is 32.9 Å². The molecule has 0 saturated heterocycles. The Bertz CT molecular complexity index is 1130. The van der Waals surface area contributed by atoms with Crippen molar-refractivity contribution in [2.75, 3.05) is 26.4 Å². The summed E-state index contributed by atoms with van der Waals surface area (Å²) in [6.07, 6.45) is 1.20. The molecule has 0 spiro atoms. The van der Waals surface area contributed by atoms with Gasteiger partial charge in [0.15, 0.2) is 11.2 Å². The molecule has 3 aromatic rings. The molecule has 2 heterocycles. The molecule has 0 fully saturated rings. The predicted molar refractivity (Wildman–Crippen MR) is 118 cm³/mol.